The van der Waals surface area contributed by atoms with Crippen molar-refractivity contribution in [3.63, 3.8) is 0 Å². The predicted octanol–water partition coefficient (Wildman–Crippen LogP) is 0.614. The minimum absolute atomic E-state index is 0.261. The molecule has 1 fully saturated rings. The summed E-state index contributed by atoms with van der Waals surface area (Å²) in [5, 5.41) is 10.4. The second-order valence-corrected chi connectivity index (χ2v) is 6.35. The smallest absolute Gasteiger partial charge is 0.267 e. The van der Waals surface area contributed by atoms with Crippen molar-refractivity contribution in [2.75, 3.05) is 19.3 Å². The lowest BCUT2D eigenvalue weighted by Gasteiger charge is -2.13. The first-order valence-electron chi connectivity index (χ1n) is 8.31. The molecule has 1 amide bonds. The third kappa shape index (κ3) is 3.05. The maximum Gasteiger partial charge on any atom is 0.267 e. The second kappa shape index (κ2) is 6.30. The van der Waals surface area contributed by atoms with Crippen molar-refractivity contribution in [1.82, 2.24) is 24.8 Å². The Hall–Kier alpha value is -3.57. The van der Waals surface area contributed by atoms with Crippen LogP contribution in [0.1, 0.15) is 12.0 Å². The van der Waals surface area contributed by atoms with Crippen molar-refractivity contribution in [2.45, 2.75) is 12.0 Å². The zero-order valence-electron chi connectivity index (χ0n) is 14.5. The topological polar surface area (TPSA) is 118 Å². The maximum atomic E-state index is 12.0. The van der Waals surface area contributed by atoms with Crippen molar-refractivity contribution in [1.29, 1.82) is 0 Å². The van der Waals surface area contributed by atoms with E-state index in [1.807, 2.05) is 18.2 Å². The van der Waals surface area contributed by atoms with Gasteiger partial charge in [-0.15, -0.1) is 0 Å². The number of fused-ring (bicyclic) bond motifs is 1. The molecular weight excluding hydrogens is 344 g/mol. The number of likely N-dealkylation sites (N-methyl/N-ethyl adjacent to an activating group) is 1. The van der Waals surface area contributed by atoms with Crippen LogP contribution >= 0.6 is 0 Å². The zero-order valence-corrected chi connectivity index (χ0v) is 14.5. The number of nitrogen functional groups attached to an aromatic ring is 1. The molecule has 3 N–H and O–H groups in total. The van der Waals surface area contributed by atoms with E-state index in [9.17, 15) is 9.90 Å². The summed E-state index contributed by atoms with van der Waals surface area (Å²) in [5.74, 6) is 5.49. The number of hydrogen-bond donors (Lipinski definition) is 2. The van der Waals surface area contributed by atoms with Crippen molar-refractivity contribution in [3.05, 3.63) is 42.4 Å². The number of rotatable bonds is 1. The number of aliphatic hydroxyl groups is 1. The average molecular weight is 360 g/mol. The van der Waals surface area contributed by atoms with Crippen molar-refractivity contribution in [2.24, 2.45) is 0 Å². The lowest BCUT2D eigenvalue weighted by Crippen LogP contribution is -2.37. The van der Waals surface area contributed by atoms with Gasteiger partial charge in [-0.1, -0.05) is 24.0 Å². The lowest BCUT2D eigenvalue weighted by atomic mass is 10.0. The summed E-state index contributed by atoms with van der Waals surface area (Å²) < 4.78 is 0. The molecule has 1 aliphatic heterocycles. The van der Waals surface area contributed by atoms with Crippen LogP contribution in [0.15, 0.2) is 36.8 Å². The Kier molecular flexibility index (Phi) is 3.94. The van der Waals surface area contributed by atoms with Gasteiger partial charge in [0.25, 0.3) is 5.91 Å². The fourth-order valence-corrected chi connectivity index (χ4v) is 2.90. The minimum atomic E-state index is -1.63. The number of carbonyl (C=O) groups is 1. The first kappa shape index (κ1) is 16.9. The van der Waals surface area contributed by atoms with Gasteiger partial charge in [-0.05, 0) is 12.1 Å². The van der Waals surface area contributed by atoms with E-state index in [0.717, 1.165) is 5.56 Å². The first-order chi connectivity index (χ1) is 13.0. The number of carbonyl (C=O) groups excluding carboxylic acids is 1. The highest BCUT2D eigenvalue weighted by Crippen LogP contribution is 2.23. The molecule has 1 atom stereocenters. The van der Waals surface area contributed by atoms with Gasteiger partial charge in [0.1, 0.15) is 6.33 Å². The van der Waals surface area contributed by atoms with Gasteiger partial charge in [0.15, 0.2) is 17.0 Å². The highest BCUT2D eigenvalue weighted by atomic mass is 16.3. The van der Waals surface area contributed by atoms with Crippen LogP contribution in [-0.2, 0) is 4.79 Å². The number of amides is 1. The molecule has 4 rings (SSSR count). The average Bonchev–Trinajstić information content (AvgIpc) is 2.95. The number of aromatic nitrogens is 4. The second-order valence-electron chi connectivity index (χ2n) is 6.35. The minimum Gasteiger partial charge on any atom is -0.382 e. The predicted molar refractivity (Wildman–Crippen MR) is 99.1 cm³/mol. The highest BCUT2D eigenvalue weighted by molar-refractivity contribution is 5.90. The summed E-state index contributed by atoms with van der Waals surface area (Å²) in [4.78, 5) is 30.2. The van der Waals surface area contributed by atoms with Gasteiger partial charge < -0.3 is 15.7 Å². The molecular formula is C19H16N6O2. The molecule has 0 spiro atoms. The Balaban J connectivity index is 1.69. The third-order valence-corrected chi connectivity index (χ3v) is 4.45. The monoisotopic (exact) mass is 360 g/mol. The Labute approximate surface area is 155 Å². The van der Waals surface area contributed by atoms with Crippen LogP contribution in [-0.4, -0.2) is 55.0 Å². The fraction of sp³-hybridized carbons (Fsp3) is 0.211. The zero-order chi connectivity index (χ0) is 19.0. The Morgan fingerprint density at radius 2 is 2.15 bits per heavy atom. The summed E-state index contributed by atoms with van der Waals surface area (Å²) in [5.41, 5.74) is 7.11. The van der Waals surface area contributed by atoms with Crippen LogP contribution in [0.4, 0.5) is 5.82 Å². The molecule has 0 radical (unpaired) electrons. The number of nitrogens with zero attached hydrogens (tertiary/aromatic N) is 5. The van der Waals surface area contributed by atoms with Crippen LogP contribution < -0.4 is 5.73 Å². The fourth-order valence-electron chi connectivity index (χ4n) is 2.90. The normalized spacial score (nSPS) is 19.2. The van der Waals surface area contributed by atoms with Gasteiger partial charge in [0.05, 0.1) is 11.9 Å². The van der Waals surface area contributed by atoms with E-state index >= 15 is 0 Å². The number of likely N-dealkylation sites (tertiary alicyclic amines) is 1. The standard InChI is InChI=1S/C19H16N6O2/c1-25-8-7-19(27,18(25)26)6-5-12-3-2-4-13(9-12)14-10-21-17-15(24-14)16(20)22-11-23-17/h2-4,9-11,27H,7-8H2,1H3,(H2,20,21,22,23)/t19-/m0/s1. The highest BCUT2D eigenvalue weighted by Gasteiger charge is 2.42. The van der Waals surface area contributed by atoms with Crippen molar-refractivity contribution in [3.8, 4) is 23.1 Å². The van der Waals surface area contributed by atoms with E-state index in [0.29, 0.717) is 35.4 Å². The van der Waals surface area contributed by atoms with Gasteiger partial charge in [0.2, 0.25) is 5.60 Å². The van der Waals surface area contributed by atoms with Gasteiger partial charge in [-0.3, -0.25) is 4.79 Å². The molecule has 0 saturated carbocycles. The van der Waals surface area contributed by atoms with E-state index in [2.05, 4.69) is 31.8 Å². The molecule has 1 aromatic carbocycles. The van der Waals surface area contributed by atoms with Gasteiger partial charge >= 0.3 is 0 Å². The molecule has 8 heteroatoms. The Bertz CT molecular complexity index is 1120. The summed E-state index contributed by atoms with van der Waals surface area (Å²) >= 11 is 0. The van der Waals surface area contributed by atoms with Gasteiger partial charge in [-0.2, -0.15) is 0 Å². The van der Waals surface area contributed by atoms with Crippen LogP contribution in [0.2, 0.25) is 0 Å². The maximum absolute atomic E-state index is 12.0. The quantitative estimate of drug-likeness (QED) is 0.611. The third-order valence-electron chi connectivity index (χ3n) is 4.45. The molecule has 1 aliphatic rings. The van der Waals surface area contributed by atoms with E-state index < -0.39 is 5.60 Å². The van der Waals surface area contributed by atoms with Crippen molar-refractivity contribution < 1.29 is 9.90 Å². The molecule has 134 valence electrons. The SMILES string of the molecule is CN1CC[C@@](O)(C#Cc2cccc(-c3cnc4ncnc(N)c4n3)c2)C1=O. The van der Waals surface area contributed by atoms with Gasteiger partial charge in [-0.25, -0.2) is 19.9 Å². The van der Waals surface area contributed by atoms with Crippen LogP contribution in [0.5, 0.6) is 0 Å². The number of nitrogens with two attached hydrogens (primary N) is 1. The first-order valence-corrected chi connectivity index (χ1v) is 8.31. The van der Waals surface area contributed by atoms with E-state index in [1.165, 1.54) is 11.2 Å². The summed E-state index contributed by atoms with van der Waals surface area (Å²) in [6, 6.07) is 7.30. The molecule has 3 heterocycles. The molecule has 0 unspecified atom stereocenters. The van der Waals surface area contributed by atoms with Crippen LogP contribution in [0.25, 0.3) is 22.4 Å². The van der Waals surface area contributed by atoms with Gasteiger partial charge in [0, 0.05) is 31.1 Å². The van der Waals surface area contributed by atoms with Crippen LogP contribution in [0, 0.1) is 11.8 Å². The largest absolute Gasteiger partial charge is 0.382 e. The Morgan fingerprint density at radius 1 is 1.30 bits per heavy atom. The number of benzene rings is 1. The molecule has 8 nitrogen and oxygen atoms in total. The van der Waals surface area contributed by atoms with E-state index in [-0.39, 0.29) is 11.7 Å². The van der Waals surface area contributed by atoms with Crippen molar-refractivity contribution >= 4 is 22.9 Å². The molecule has 3 aromatic rings. The number of hydrogen-bond acceptors (Lipinski definition) is 7. The summed E-state index contributed by atoms with van der Waals surface area (Å²) in [7, 11) is 1.65. The molecule has 0 bridgehead atoms. The molecule has 0 aliphatic carbocycles. The van der Waals surface area contributed by atoms with Crippen LogP contribution in [0.3, 0.4) is 0 Å². The lowest BCUT2D eigenvalue weighted by molar-refractivity contribution is -0.137. The number of anilines is 1. The molecule has 2 aromatic heterocycles. The van der Waals surface area contributed by atoms with E-state index in [4.69, 9.17) is 5.73 Å². The summed E-state index contributed by atoms with van der Waals surface area (Å²) in [6.07, 6.45) is 3.24. The Morgan fingerprint density at radius 3 is 2.93 bits per heavy atom. The molecule has 1 saturated heterocycles. The van der Waals surface area contributed by atoms with E-state index in [1.54, 1.807) is 19.3 Å². The summed E-state index contributed by atoms with van der Waals surface area (Å²) in [6.45, 7) is 0.486. The molecule has 27 heavy (non-hydrogen) atoms.